The lowest BCUT2D eigenvalue weighted by atomic mass is 10.2. The summed E-state index contributed by atoms with van der Waals surface area (Å²) in [5, 5.41) is 2.75. The van der Waals surface area contributed by atoms with Crippen LogP contribution < -0.4 is 24.2 Å². The van der Waals surface area contributed by atoms with Crippen LogP contribution in [0.4, 0.5) is 11.4 Å². The third-order valence-electron chi connectivity index (χ3n) is 5.31. The van der Waals surface area contributed by atoms with Crippen LogP contribution in [0, 0.1) is 0 Å². The average molecular weight is 533 g/mol. The normalized spacial score (nSPS) is 10.9. The van der Waals surface area contributed by atoms with E-state index in [2.05, 4.69) is 10.0 Å². The summed E-state index contributed by atoms with van der Waals surface area (Å²) >= 11 is 0. The molecule has 0 saturated heterocycles. The Hall–Kier alpha value is -4.50. The van der Waals surface area contributed by atoms with Gasteiger partial charge < -0.3 is 19.5 Å². The topological polar surface area (TPSA) is 103 Å². The van der Waals surface area contributed by atoms with Gasteiger partial charge in [-0.3, -0.25) is 9.52 Å². The van der Waals surface area contributed by atoms with Crippen LogP contribution >= 0.6 is 0 Å². The number of benzene rings is 4. The van der Waals surface area contributed by atoms with E-state index in [9.17, 15) is 13.2 Å². The molecule has 0 unspecified atom stereocenters. The Labute approximate surface area is 222 Å². The van der Waals surface area contributed by atoms with Crippen molar-refractivity contribution in [1.82, 2.24) is 0 Å². The lowest BCUT2D eigenvalue weighted by Crippen LogP contribution is -2.20. The largest absolute Gasteiger partial charge is 0.494 e. The average Bonchev–Trinajstić information content (AvgIpc) is 2.93. The van der Waals surface area contributed by atoms with Gasteiger partial charge in [0.2, 0.25) is 0 Å². The van der Waals surface area contributed by atoms with Crippen molar-refractivity contribution in [3.05, 3.63) is 109 Å². The van der Waals surface area contributed by atoms with Crippen molar-refractivity contribution in [2.24, 2.45) is 0 Å². The highest BCUT2D eigenvalue weighted by Crippen LogP contribution is 2.22. The lowest BCUT2D eigenvalue weighted by Gasteiger charge is -2.11. The molecule has 0 spiro atoms. The number of ether oxygens (including phenoxy) is 3. The predicted octanol–water partition coefficient (Wildman–Crippen LogP) is 5.48. The number of anilines is 2. The van der Waals surface area contributed by atoms with E-state index >= 15 is 0 Å². The zero-order valence-electron chi connectivity index (χ0n) is 20.8. The first-order chi connectivity index (χ1) is 18.4. The number of hydrogen-bond donors (Lipinski definition) is 2. The fourth-order valence-electron chi connectivity index (χ4n) is 3.44. The molecule has 1 amide bonds. The van der Waals surface area contributed by atoms with Crippen LogP contribution in [-0.2, 0) is 21.4 Å². The monoisotopic (exact) mass is 532 g/mol. The van der Waals surface area contributed by atoms with Gasteiger partial charge in [-0.15, -0.1) is 0 Å². The Morgan fingerprint density at radius 2 is 1.24 bits per heavy atom. The van der Waals surface area contributed by atoms with Gasteiger partial charge in [-0.2, -0.15) is 0 Å². The quantitative estimate of drug-likeness (QED) is 0.250. The summed E-state index contributed by atoms with van der Waals surface area (Å²) < 4.78 is 44.5. The first-order valence-corrected chi connectivity index (χ1v) is 13.4. The van der Waals surface area contributed by atoms with E-state index in [0.29, 0.717) is 41.8 Å². The molecule has 0 aliphatic carbocycles. The molecule has 4 rings (SSSR count). The van der Waals surface area contributed by atoms with Gasteiger partial charge in [0, 0.05) is 11.4 Å². The molecule has 0 heterocycles. The molecule has 8 nitrogen and oxygen atoms in total. The summed E-state index contributed by atoms with van der Waals surface area (Å²) in [6.45, 7) is 2.62. The number of hydrogen-bond acceptors (Lipinski definition) is 6. The maximum atomic E-state index is 12.7. The molecule has 38 heavy (non-hydrogen) atoms. The number of rotatable bonds is 12. The van der Waals surface area contributed by atoms with E-state index in [1.165, 1.54) is 24.3 Å². The minimum atomic E-state index is -3.79. The first-order valence-electron chi connectivity index (χ1n) is 12.0. The molecule has 0 radical (unpaired) electrons. The summed E-state index contributed by atoms with van der Waals surface area (Å²) in [6.07, 6.45) is 0. The molecule has 2 N–H and O–H groups in total. The molecule has 0 fully saturated rings. The van der Waals surface area contributed by atoms with Crippen molar-refractivity contribution >= 4 is 27.3 Å². The minimum absolute atomic E-state index is 0.0674. The van der Waals surface area contributed by atoms with Gasteiger partial charge >= 0.3 is 0 Å². The number of carbonyl (C=O) groups is 1. The maximum Gasteiger partial charge on any atom is 0.262 e. The Morgan fingerprint density at radius 1 is 0.684 bits per heavy atom. The number of amides is 1. The van der Waals surface area contributed by atoms with Gasteiger partial charge in [0.05, 0.1) is 11.5 Å². The Kier molecular flexibility index (Phi) is 8.84. The second-order valence-corrected chi connectivity index (χ2v) is 9.85. The Bertz CT molecular complexity index is 1420. The second kappa shape index (κ2) is 12.6. The number of carbonyl (C=O) groups excluding carboxylic acids is 1. The van der Waals surface area contributed by atoms with E-state index in [0.717, 1.165) is 5.56 Å². The Balaban J connectivity index is 1.24. The van der Waals surface area contributed by atoms with E-state index in [1.54, 1.807) is 48.5 Å². The van der Waals surface area contributed by atoms with E-state index in [-0.39, 0.29) is 17.4 Å². The number of sulfonamides is 1. The van der Waals surface area contributed by atoms with Crippen molar-refractivity contribution in [1.29, 1.82) is 0 Å². The van der Waals surface area contributed by atoms with Crippen molar-refractivity contribution in [2.75, 3.05) is 23.3 Å². The molecular weight excluding hydrogens is 504 g/mol. The SMILES string of the molecule is CCOc1ccc(NS(=O)(=O)c2ccc(OCC(=O)Nc3ccc(OCc4ccccc4)cc3)cc2)cc1. The van der Waals surface area contributed by atoms with Crippen LogP contribution in [0.15, 0.2) is 108 Å². The summed E-state index contributed by atoms with van der Waals surface area (Å²) in [5.41, 5.74) is 2.09. The van der Waals surface area contributed by atoms with Crippen molar-refractivity contribution < 1.29 is 27.4 Å². The van der Waals surface area contributed by atoms with Gasteiger partial charge in [-0.05, 0) is 85.3 Å². The molecule has 0 saturated carbocycles. The molecule has 0 aliphatic heterocycles. The van der Waals surface area contributed by atoms with Crippen LogP contribution in [0.5, 0.6) is 17.2 Å². The molecule has 4 aromatic rings. The molecule has 0 aliphatic rings. The third kappa shape index (κ3) is 7.75. The predicted molar refractivity (Wildman–Crippen MR) is 146 cm³/mol. The summed E-state index contributed by atoms with van der Waals surface area (Å²) in [4.78, 5) is 12.4. The number of nitrogens with one attached hydrogen (secondary N) is 2. The van der Waals surface area contributed by atoms with Gasteiger partial charge in [0.15, 0.2) is 6.61 Å². The van der Waals surface area contributed by atoms with Crippen LogP contribution in [0.1, 0.15) is 12.5 Å². The molecule has 196 valence electrons. The highest BCUT2D eigenvalue weighted by Gasteiger charge is 2.15. The van der Waals surface area contributed by atoms with E-state index in [4.69, 9.17) is 14.2 Å². The van der Waals surface area contributed by atoms with Crippen molar-refractivity contribution in [2.45, 2.75) is 18.4 Å². The smallest absolute Gasteiger partial charge is 0.262 e. The fraction of sp³-hybridized carbons (Fsp3) is 0.138. The zero-order chi connectivity index (χ0) is 26.8. The molecule has 0 atom stereocenters. The Morgan fingerprint density at radius 3 is 1.87 bits per heavy atom. The molecular formula is C29H28N2O6S. The highest BCUT2D eigenvalue weighted by molar-refractivity contribution is 7.92. The fourth-order valence-corrected chi connectivity index (χ4v) is 4.49. The summed E-state index contributed by atoms with van der Waals surface area (Å²) in [6, 6.07) is 29.4. The van der Waals surface area contributed by atoms with Gasteiger partial charge in [-0.25, -0.2) is 8.42 Å². The van der Waals surface area contributed by atoms with Crippen LogP contribution in [0.3, 0.4) is 0 Å². The molecule has 0 bridgehead atoms. The highest BCUT2D eigenvalue weighted by atomic mass is 32.2. The van der Waals surface area contributed by atoms with Crippen LogP contribution in [0.2, 0.25) is 0 Å². The van der Waals surface area contributed by atoms with E-state index < -0.39 is 10.0 Å². The van der Waals surface area contributed by atoms with Crippen LogP contribution in [0.25, 0.3) is 0 Å². The van der Waals surface area contributed by atoms with Crippen LogP contribution in [-0.4, -0.2) is 27.5 Å². The zero-order valence-corrected chi connectivity index (χ0v) is 21.6. The van der Waals surface area contributed by atoms with Crippen molar-refractivity contribution in [3.63, 3.8) is 0 Å². The first kappa shape index (κ1) is 26.6. The minimum Gasteiger partial charge on any atom is -0.494 e. The summed E-state index contributed by atoms with van der Waals surface area (Å²) in [7, 11) is -3.79. The van der Waals surface area contributed by atoms with Crippen molar-refractivity contribution in [3.8, 4) is 17.2 Å². The van der Waals surface area contributed by atoms with E-state index in [1.807, 2.05) is 37.3 Å². The maximum absolute atomic E-state index is 12.7. The van der Waals surface area contributed by atoms with Gasteiger partial charge in [0.25, 0.3) is 15.9 Å². The lowest BCUT2D eigenvalue weighted by molar-refractivity contribution is -0.118. The molecule has 9 heteroatoms. The third-order valence-corrected chi connectivity index (χ3v) is 6.71. The van der Waals surface area contributed by atoms with Gasteiger partial charge in [-0.1, -0.05) is 30.3 Å². The second-order valence-electron chi connectivity index (χ2n) is 8.17. The standard InChI is InChI=1S/C29H28N2O6S/c1-2-35-25-14-10-24(11-15-25)31-38(33,34)28-18-16-27(17-19-28)37-21-29(32)30-23-8-12-26(13-9-23)36-20-22-6-4-3-5-7-22/h3-19,31H,2,20-21H2,1H3,(H,30,32). The summed E-state index contributed by atoms with van der Waals surface area (Å²) in [5.74, 6) is 1.36. The molecule has 4 aromatic carbocycles. The van der Waals surface area contributed by atoms with Gasteiger partial charge in [0.1, 0.15) is 23.9 Å². The molecule has 0 aromatic heterocycles.